The molecule has 4 aliphatic rings. The van der Waals surface area contributed by atoms with E-state index in [-0.39, 0.29) is 42.2 Å². The second kappa shape index (κ2) is 12.6. The largest absolute Gasteiger partial charge is 0.444 e. The van der Waals surface area contributed by atoms with Gasteiger partial charge in [-0.2, -0.15) is 0 Å². The summed E-state index contributed by atoms with van der Waals surface area (Å²) in [6.07, 6.45) is -0.480. The summed E-state index contributed by atoms with van der Waals surface area (Å²) in [4.78, 5) is 30.1. The number of nitrogens with one attached hydrogen (secondary N) is 1. The first-order valence-corrected chi connectivity index (χ1v) is 14.1. The zero-order valence-electron chi connectivity index (χ0n) is 24.7. The van der Waals surface area contributed by atoms with E-state index in [9.17, 15) is 14.0 Å². The molecule has 0 aromatic heterocycles. The van der Waals surface area contributed by atoms with Crippen LogP contribution in [0.3, 0.4) is 0 Å². The highest BCUT2D eigenvalue weighted by Gasteiger charge is 2.41. The molecule has 4 aliphatic heterocycles. The third-order valence-electron chi connectivity index (χ3n) is 6.99. The second-order valence-corrected chi connectivity index (χ2v) is 13.0. The molecule has 1 aromatic carbocycles. The molecule has 0 spiro atoms. The van der Waals surface area contributed by atoms with Crippen LogP contribution in [0.25, 0.3) is 0 Å². The van der Waals surface area contributed by atoms with Crippen molar-refractivity contribution in [1.29, 1.82) is 0 Å². The molecule has 40 heavy (non-hydrogen) atoms. The van der Waals surface area contributed by atoms with E-state index in [1.807, 2.05) is 53.7 Å². The van der Waals surface area contributed by atoms with Crippen molar-refractivity contribution < 1.29 is 32.9 Å². The lowest BCUT2D eigenvalue weighted by Crippen LogP contribution is -2.65. The molecule has 0 aliphatic carbocycles. The van der Waals surface area contributed by atoms with Gasteiger partial charge < -0.3 is 34.1 Å². The van der Waals surface area contributed by atoms with Crippen molar-refractivity contribution in [3.8, 4) is 0 Å². The molecule has 10 nitrogen and oxygen atoms in total. The standard InChI is InChI=1S/C18H25FN2O3.C11H20N2O3/c1-18(2,3)24-17(22)20-9-15-11-23-12-16(10-20)21(15)8-13-4-6-14(19)7-5-13;1-11(2,3)16-10(14)13-4-8-6-15-7-9(5-13)12-8/h4-7,15-16H,8-12H2,1-3H3;8-9,12H,4-7H2,1-3H3. The molecule has 224 valence electrons. The fourth-order valence-corrected chi connectivity index (χ4v) is 5.34. The maximum Gasteiger partial charge on any atom is 0.410 e. The molecule has 4 saturated heterocycles. The molecule has 4 heterocycles. The molecule has 4 unspecified atom stereocenters. The van der Waals surface area contributed by atoms with Crippen LogP contribution in [0.4, 0.5) is 14.0 Å². The number of halogens is 1. The molecule has 4 atom stereocenters. The minimum Gasteiger partial charge on any atom is -0.444 e. The number of benzene rings is 1. The number of hydrogen-bond acceptors (Lipinski definition) is 8. The van der Waals surface area contributed by atoms with Crippen LogP contribution in [0.1, 0.15) is 47.1 Å². The van der Waals surface area contributed by atoms with Crippen molar-refractivity contribution >= 4 is 12.2 Å². The van der Waals surface area contributed by atoms with Crippen molar-refractivity contribution in [2.24, 2.45) is 0 Å². The van der Waals surface area contributed by atoms with Crippen LogP contribution in [-0.4, -0.2) is 115 Å². The number of carbonyl (C=O) groups is 2. The summed E-state index contributed by atoms with van der Waals surface area (Å²) >= 11 is 0. The highest BCUT2D eigenvalue weighted by molar-refractivity contribution is 5.69. The Morgan fingerprint density at radius 3 is 1.73 bits per heavy atom. The molecule has 0 saturated carbocycles. The Balaban J connectivity index is 0.000000201. The Morgan fingerprint density at radius 2 is 1.25 bits per heavy atom. The summed E-state index contributed by atoms with van der Waals surface area (Å²) in [6.45, 7) is 17.1. The maximum atomic E-state index is 13.1. The van der Waals surface area contributed by atoms with E-state index in [0.29, 0.717) is 52.6 Å². The first-order chi connectivity index (χ1) is 18.8. The molecular weight excluding hydrogens is 519 g/mol. The Kier molecular flexibility index (Phi) is 9.59. The SMILES string of the molecule is CC(C)(C)OC(=O)N1CC2COCC(C1)N2.CC(C)(C)OC(=O)N1CC2COCC(C1)N2Cc1ccc(F)cc1. The van der Waals surface area contributed by atoms with Gasteiger partial charge in [-0.3, -0.25) is 4.90 Å². The van der Waals surface area contributed by atoms with Crippen molar-refractivity contribution in [3.63, 3.8) is 0 Å². The molecule has 5 rings (SSSR count). The number of carbonyl (C=O) groups excluding carboxylic acids is 2. The van der Waals surface area contributed by atoms with Crippen molar-refractivity contribution in [3.05, 3.63) is 35.6 Å². The van der Waals surface area contributed by atoms with Gasteiger partial charge in [0.15, 0.2) is 0 Å². The zero-order chi connectivity index (χ0) is 29.1. The van der Waals surface area contributed by atoms with Crippen LogP contribution in [0, 0.1) is 5.82 Å². The number of nitrogens with zero attached hydrogens (tertiary/aromatic N) is 3. The van der Waals surface area contributed by atoms with Gasteiger partial charge in [0, 0.05) is 44.8 Å². The van der Waals surface area contributed by atoms with Crippen molar-refractivity contribution in [1.82, 2.24) is 20.0 Å². The highest BCUT2D eigenvalue weighted by Crippen LogP contribution is 2.25. The molecule has 2 amide bonds. The predicted octanol–water partition coefficient (Wildman–Crippen LogP) is 3.24. The van der Waals surface area contributed by atoms with Gasteiger partial charge in [0.05, 0.1) is 38.5 Å². The quantitative estimate of drug-likeness (QED) is 0.586. The summed E-state index contributed by atoms with van der Waals surface area (Å²) in [5.41, 5.74) is 0.153. The maximum absolute atomic E-state index is 13.1. The number of piperazine rings is 2. The van der Waals surface area contributed by atoms with E-state index in [2.05, 4.69) is 10.2 Å². The number of fused-ring (bicyclic) bond motifs is 4. The second-order valence-electron chi connectivity index (χ2n) is 13.0. The van der Waals surface area contributed by atoms with Gasteiger partial charge in [-0.25, -0.2) is 14.0 Å². The molecule has 1 aromatic rings. The van der Waals surface area contributed by atoms with Gasteiger partial charge in [-0.05, 0) is 59.2 Å². The molecule has 4 fully saturated rings. The fourth-order valence-electron chi connectivity index (χ4n) is 5.34. The average molecular weight is 565 g/mol. The van der Waals surface area contributed by atoms with E-state index in [1.165, 1.54) is 12.1 Å². The summed E-state index contributed by atoms with van der Waals surface area (Å²) in [5.74, 6) is -0.225. The lowest BCUT2D eigenvalue weighted by atomic mass is 10.0. The average Bonchev–Trinajstić information content (AvgIpc) is 2.83. The van der Waals surface area contributed by atoms with Crippen LogP contribution in [-0.2, 0) is 25.5 Å². The van der Waals surface area contributed by atoms with E-state index in [4.69, 9.17) is 18.9 Å². The molecule has 4 bridgehead atoms. The predicted molar refractivity (Wildman–Crippen MR) is 147 cm³/mol. The summed E-state index contributed by atoms with van der Waals surface area (Å²) in [7, 11) is 0. The van der Waals surface area contributed by atoms with E-state index >= 15 is 0 Å². The fraction of sp³-hybridized carbons (Fsp3) is 0.724. The number of morpholine rings is 2. The van der Waals surface area contributed by atoms with Crippen LogP contribution in [0.5, 0.6) is 0 Å². The summed E-state index contributed by atoms with van der Waals surface area (Å²) < 4.78 is 35.0. The van der Waals surface area contributed by atoms with Gasteiger partial charge in [0.2, 0.25) is 0 Å². The Hall–Kier alpha value is -2.47. The van der Waals surface area contributed by atoms with Crippen LogP contribution in [0.2, 0.25) is 0 Å². The van der Waals surface area contributed by atoms with Gasteiger partial charge in [-0.15, -0.1) is 0 Å². The first-order valence-electron chi connectivity index (χ1n) is 14.1. The van der Waals surface area contributed by atoms with Gasteiger partial charge in [0.1, 0.15) is 17.0 Å². The van der Waals surface area contributed by atoms with Gasteiger partial charge >= 0.3 is 12.2 Å². The number of rotatable bonds is 2. The van der Waals surface area contributed by atoms with Gasteiger partial charge in [-0.1, -0.05) is 12.1 Å². The lowest BCUT2D eigenvalue weighted by Gasteiger charge is -2.49. The van der Waals surface area contributed by atoms with Crippen LogP contribution in [0.15, 0.2) is 24.3 Å². The summed E-state index contributed by atoms with van der Waals surface area (Å²) in [5, 5.41) is 3.43. The van der Waals surface area contributed by atoms with Crippen molar-refractivity contribution in [2.75, 3.05) is 52.6 Å². The lowest BCUT2D eigenvalue weighted by molar-refractivity contribution is -0.101. The molecule has 11 heteroatoms. The normalized spacial score (nSPS) is 26.9. The highest BCUT2D eigenvalue weighted by atomic mass is 19.1. The van der Waals surface area contributed by atoms with E-state index in [1.54, 1.807) is 9.80 Å². The molecule has 1 N–H and O–H groups in total. The number of hydrogen-bond donors (Lipinski definition) is 1. The third-order valence-corrected chi connectivity index (χ3v) is 6.99. The third kappa shape index (κ3) is 8.76. The zero-order valence-corrected chi connectivity index (χ0v) is 24.7. The minimum atomic E-state index is -0.492. The summed E-state index contributed by atoms with van der Waals surface area (Å²) in [6, 6.07) is 7.36. The Morgan fingerprint density at radius 1 is 0.800 bits per heavy atom. The smallest absolute Gasteiger partial charge is 0.410 e. The van der Waals surface area contributed by atoms with Crippen LogP contribution < -0.4 is 5.32 Å². The number of ether oxygens (including phenoxy) is 4. The molecule has 0 radical (unpaired) electrons. The minimum absolute atomic E-state index is 0.134. The van der Waals surface area contributed by atoms with E-state index in [0.717, 1.165) is 12.1 Å². The Labute approximate surface area is 237 Å². The van der Waals surface area contributed by atoms with Crippen LogP contribution >= 0.6 is 0 Å². The van der Waals surface area contributed by atoms with Gasteiger partial charge in [0.25, 0.3) is 0 Å². The Bertz CT molecular complexity index is 985. The van der Waals surface area contributed by atoms with E-state index < -0.39 is 11.2 Å². The van der Waals surface area contributed by atoms with Crippen molar-refractivity contribution in [2.45, 2.75) is 83.5 Å². The molecular formula is C29H45FN4O6. The topological polar surface area (TPSA) is 92.8 Å². The first kappa shape index (κ1) is 30.5. The monoisotopic (exact) mass is 564 g/mol. The number of amides is 2.